The summed E-state index contributed by atoms with van der Waals surface area (Å²) in [6.45, 7) is 8.43. The molecule has 1 aliphatic rings. The topological polar surface area (TPSA) is 64.3 Å². The van der Waals surface area contributed by atoms with E-state index in [1.807, 2.05) is 20.8 Å². The Balaban J connectivity index is 2.48. The average Bonchev–Trinajstić information content (AvgIpc) is 2.38. The molecule has 0 saturated carbocycles. The highest BCUT2D eigenvalue weighted by Crippen LogP contribution is 2.34. The van der Waals surface area contributed by atoms with Crippen molar-refractivity contribution in [2.75, 3.05) is 19.6 Å². The zero-order valence-corrected chi connectivity index (χ0v) is 12.4. The van der Waals surface area contributed by atoms with Crippen LogP contribution in [0.1, 0.15) is 52.9 Å². The summed E-state index contributed by atoms with van der Waals surface area (Å²) in [5.41, 5.74) is -0.826. The van der Waals surface area contributed by atoms with Crippen LogP contribution >= 0.6 is 0 Å². The maximum absolute atomic E-state index is 11.5. The SMILES string of the molecule is CCC1(C(=O)O)CCCN(CCCC(C)(C)C#N)C1. The van der Waals surface area contributed by atoms with Crippen molar-refractivity contribution in [3.05, 3.63) is 0 Å². The summed E-state index contributed by atoms with van der Waals surface area (Å²) < 4.78 is 0. The minimum Gasteiger partial charge on any atom is -0.481 e. The van der Waals surface area contributed by atoms with Crippen molar-refractivity contribution in [1.82, 2.24) is 4.90 Å². The number of likely N-dealkylation sites (tertiary alicyclic amines) is 1. The summed E-state index contributed by atoms with van der Waals surface area (Å²) in [7, 11) is 0. The Bertz CT molecular complexity index is 360. The van der Waals surface area contributed by atoms with Crippen molar-refractivity contribution >= 4 is 5.97 Å². The fourth-order valence-corrected chi connectivity index (χ4v) is 2.83. The number of carboxylic acid groups (broad SMARTS) is 1. The lowest BCUT2D eigenvalue weighted by Gasteiger charge is -2.39. The number of piperidine rings is 1. The Hall–Kier alpha value is -1.08. The molecule has 1 atom stereocenters. The van der Waals surface area contributed by atoms with Crippen LogP contribution in [0.25, 0.3) is 0 Å². The number of hydrogen-bond donors (Lipinski definition) is 1. The molecule has 108 valence electrons. The average molecular weight is 266 g/mol. The van der Waals surface area contributed by atoms with Gasteiger partial charge in [-0.2, -0.15) is 5.26 Å². The molecule has 19 heavy (non-hydrogen) atoms. The van der Waals surface area contributed by atoms with Gasteiger partial charge in [-0.3, -0.25) is 4.79 Å². The fourth-order valence-electron chi connectivity index (χ4n) is 2.83. The van der Waals surface area contributed by atoms with Crippen LogP contribution in [0.4, 0.5) is 0 Å². The monoisotopic (exact) mass is 266 g/mol. The highest BCUT2D eigenvalue weighted by Gasteiger charge is 2.40. The van der Waals surface area contributed by atoms with Crippen molar-refractivity contribution in [2.45, 2.75) is 52.9 Å². The van der Waals surface area contributed by atoms with E-state index in [0.717, 1.165) is 38.8 Å². The number of aliphatic carboxylic acids is 1. The van der Waals surface area contributed by atoms with Crippen molar-refractivity contribution in [3.63, 3.8) is 0 Å². The van der Waals surface area contributed by atoms with E-state index in [4.69, 9.17) is 5.26 Å². The largest absolute Gasteiger partial charge is 0.481 e. The van der Waals surface area contributed by atoms with Crippen LogP contribution in [0.2, 0.25) is 0 Å². The van der Waals surface area contributed by atoms with Crippen LogP contribution in [-0.2, 0) is 4.79 Å². The van der Waals surface area contributed by atoms with Gasteiger partial charge in [0.2, 0.25) is 0 Å². The van der Waals surface area contributed by atoms with Gasteiger partial charge >= 0.3 is 5.97 Å². The summed E-state index contributed by atoms with van der Waals surface area (Å²) in [5, 5.41) is 18.4. The quantitative estimate of drug-likeness (QED) is 0.803. The summed E-state index contributed by atoms with van der Waals surface area (Å²) in [6, 6.07) is 2.31. The number of nitriles is 1. The minimum atomic E-state index is -0.656. The molecular formula is C15H26N2O2. The van der Waals surface area contributed by atoms with Crippen LogP contribution in [0, 0.1) is 22.2 Å². The molecule has 1 aliphatic heterocycles. The molecule has 0 bridgehead atoms. The summed E-state index contributed by atoms with van der Waals surface area (Å²) >= 11 is 0. The molecule has 0 amide bonds. The molecule has 1 unspecified atom stereocenters. The fraction of sp³-hybridized carbons (Fsp3) is 0.867. The van der Waals surface area contributed by atoms with Gasteiger partial charge in [-0.15, -0.1) is 0 Å². The van der Waals surface area contributed by atoms with Crippen LogP contribution in [0.15, 0.2) is 0 Å². The van der Waals surface area contributed by atoms with E-state index in [-0.39, 0.29) is 5.41 Å². The summed E-state index contributed by atoms with van der Waals surface area (Å²) in [6.07, 6.45) is 4.27. The minimum absolute atomic E-state index is 0.273. The first-order valence-corrected chi connectivity index (χ1v) is 7.22. The Morgan fingerprint density at radius 1 is 1.53 bits per heavy atom. The van der Waals surface area contributed by atoms with E-state index in [0.29, 0.717) is 13.0 Å². The van der Waals surface area contributed by atoms with Gasteiger partial charge in [-0.05, 0) is 59.0 Å². The molecular weight excluding hydrogens is 240 g/mol. The van der Waals surface area contributed by atoms with E-state index in [2.05, 4.69) is 11.0 Å². The van der Waals surface area contributed by atoms with Gasteiger partial charge < -0.3 is 10.0 Å². The van der Waals surface area contributed by atoms with Crippen LogP contribution in [0.5, 0.6) is 0 Å². The second-order valence-electron chi connectivity index (χ2n) is 6.42. The van der Waals surface area contributed by atoms with Gasteiger partial charge in [0, 0.05) is 6.54 Å². The molecule has 0 radical (unpaired) electrons. The highest BCUT2D eigenvalue weighted by molar-refractivity contribution is 5.75. The third kappa shape index (κ3) is 4.21. The van der Waals surface area contributed by atoms with Crippen molar-refractivity contribution in [1.29, 1.82) is 5.26 Å². The second-order valence-corrected chi connectivity index (χ2v) is 6.42. The Labute approximate surface area is 116 Å². The zero-order valence-electron chi connectivity index (χ0n) is 12.4. The molecule has 0 aromatic rings. The zero-order chi connectivity index (χ0) is 14.5. The van der Waals surface area contributed by atoms with Crippen LogP contribution in [0.3, 0.4) is 0 Å². The standard InChI is InChI=1S/C15H26N2O2/c1-4-15(13(18)19)8-6-10-17(12-15)9-5-7-14(2,3)11-16/h4-10,12H2,1-3H3,(H,18,19). The summed E-state index contributed by atoms with van der Waals surface area (Å²) in [4.78, 5) is 13.7. The molecule has 0 spiro atoms. The van der Waals surface area contributed by atoms with Gasteiger partial charge in [0.15, 0.2) is 0 Å². The number of nitrogens with zero attached hydrogens (tertiary/aromatic N) is 2. The molecule has 4 nitrogen and oxygen atoms in total. The third-order valence-electron chi connectivity index (χ3n) is 4.37. The van der Waals surface area contributed by atoms with Crippen LogP contribution in [-0.4, -0.2) is 35.6 Å². The van der Waals surface area contributed by atoms with Gasteiger partial charge in [-0.1, -0.05) is 6.92 Å². The first kappa shape index (κ1) is 16.0. The Morgan fingerprint density at radius 3 is 2.74 bits per heavy atom. The lowest BCUT2D eigenvalue weighted by Crippen LogP contribution is -2.47. The van der Waals surface area contributed by atoms with Gasteiger partial charge in [0.25, 0.3) is 0 Å². The molecule has 0 aromatic carbocycles. The lowest BCUT2D eigenvalue weighted by molar-refractivity contribution is -0.152. The molecule has 4 heteroatoms. The Morgan fingerprint density at radius 2 is 2.21 bits per heavy atom. The van der Waals surface area contributed by atoms with Crippen molar-refractivity contribution < 1.29 is 9.90 Å². The maximum atomic E-state index is 11.5. The first-order valence-electron chi connectivity index (χ1n) is 7.22. The molecule has 0 aromatic heterocycles. The summed E-state index contributed by atoms with van der Waals surface area (Å²) in [5.74, 6) is -0.656. The predicted octanol–water partition coefficient (Wildman–Crippen LogP) is 2.89. The molecule has 1 N–H and O–H groups in total. The molecule has 1 saturated heterocycles. The van der Waals surface area contributed by atoms with E-state index < -0.39 is 11.4 Å². The van der Waals surface area contributed by atoms with E-state index in [9.17, 15) is 9.90 Å². The first-order chi connectivity index (χ1) is 8.85. The van der Waals surface area contributed by atoms with Gasteiger partial charge in [0.05, 0.1) is 16.9 Å². The highest BCUT2D eigenvalue weighted by atomic mass is 16.4. The molecule has 1 rings (SSSR count). The van der Waals surface area contributed by atoms with E-state index in [1.54, 1.807) is 0 Å². The Kier molecular flexibility index (Phi) is 5.37. The van der Waals surface area contributed by atoms with Gasteiger partial charge in [-0.25, -0.2) is 0 Å². The number of carboxylic acids is 1. The molecule has 0 aliphatic carbocycles. The number of hydrogen-bond acceptors (Lipinski definition) is 3. The predicted molar refractivity (Wildman–Crippen MR) is 74.7 cm³/mol. The van der Waals surface area contributed by atoms with Gasteiger partial charge in [0.1, 0.15) is 0 Å². The molecule has 1 heterocycles. The molecule has 1 fully saturated rings. The second kappa shape index (κ2) is 6.38. The van der Waals surface area contributed by atoms with Crippen LogP contribution < -0.4 is 0 Å². The maximum Gasteiger partial charge on any atom is 0.310 e. The number of rotatable bonds is 6. The third-order valence-corrected chi connectivity index (χ3v) is 4.37. The van der Waals surface area contributed by atoms with Crippen molar-refractivity contribution in [2.24, 2.45) is 10.8 Å². The smallest absolute Gasteiger partial charge is 0.310 e. The number of carbonyl (C=O) groups is 1. The lowest BCUT2D eigenvalue weighted by atomic mass is 9.77. The van der Waals surface area contributed by atoms with E-state index in [1.165, 1.54) is 0 Å². The van der Waals surface area contributed by atoms with E-state index >= 15 is 0 Å². The van der Waals surface area contributed by atoms with Crippen molar-refractivity contribution in [3.8, 4) is 6.07 Å². The normalized spacial score (nSPS) is 24.9.